The molecule has 0 spiro atoms. The number of methoxy groups -OCH3 is 2. The first kappa shape index (κ1) is 41.1. The van der Waals surface area contributed by atoms with Crippen molar-refractivity contribution in [2.24, 2.45) is 5.92 Å². The van der Waals surface area contributed by atoms with Gasteiger partial charge < -0.3 is 44.7 Å². The monoisotopic (exact) mass is 791 g/mol. The number of carbonyl (C=O) groups excluding carboxylic acids is 4. The van der Waals surface area contributed by atoms with E-state index < -0.39 is 35.4 Å². The summed E-state index contributed by atoms with van der Waals surface area (Å²) in [7, 11) is 2.47. The number of benzene rings is 1. The van der Waals surface area contributed by atoms with Gasteiger partial charge in [-0.15, -0.1) is 12.3 Å². The Balaban J connectivity index is 1.09. The number of terminal acetylenes is 1. The smallest absolute Gasteiger partial charge is 0.407 e. The first-order valence-corrected chi connectivity index (χ1v) is 19.4. The number of ether oxygens (including phenoxy) is 2. The summed E-state index contributed by atoms with van der Waals surface area (Å²) in [5.74, 6) is 1.89. The highest BCUT2D eigenvalue weighted by atomic mass is 19.1. The van der Waals surface area contributed by atoms with E-state index in [-0.39, 0.29) is 48.5 Å². The van der Waals surface area contributed by atoms with Crippen LogP contribution in [0.25, 0.3) is 11.3 Å². The lowest BCUT2D eigenvalue weighted by molar-refractivity contribution is -0.134. The largest absolute Gasteiger partial charge is 0.453 e. The minimum Gasteiger partial charge on any atom is -0.453 e. The molecule has 4 unspecified atom stereocenters. The molecule has 3 fully saturated rings. The first-order chi connectivity index (χ1) is 27.4. The van der Waals surface area contributed by atoms with E-state index in [9.17, 15) is 19.2 Å². The Kier molecular flexibility index (Phi) is 12.8. The number of imidazole rings is 2. The lowest BCUT2D eigenvalue weighted by atomic mass is 9.87. The fourth-order valence-corrected chi connectivity index (χ4v) is 8.32. The highest BCUT2D eigenvalue weighted by Gasteiger charge is 2.42. The van der Waals surface area contributed by atoms with Gasteiger partial charge in [-0.25, -0.2) is 28.3 Å². The van der Waals surface area contributed by atoms with Gasteiger partial charge in [-0.05, 0) is 63.1 Å². The molecule has 306 valence electrons. The summed E-state index contributed by atoms with van der Waals surface area (Å²) in [4.78, 5) is 71.1. The molecule has 3 aliphatic rings. The molecular formula is C40H51F2N9O6. The first-order valence-electron chi connectivity index (χ1n) is 19.4. The van der Waals surface area contributed by atoms with Crippen molar-refractivity contribution in [3.63, 3.8) is 0 Å². The van der Waals surface area contributed by atoms with E-state index >= 15 is 8.78 Å². The molecule has 0 saturated carbocycles. The van der Waals surface area contributed by atoms with E-state index in [0.29, 0.717) is 68.3 Å². The van der Waals surface area contributed by atoms with Gasteiger partial charge in [-0.3, -0.25) is 9.69 Å². The van der Waals surface area contributed by atoms with Crippen molar-refractivity contribution < 1.29 is 37.4 Å². The molecule has 2 aromatic heterocycles. The molecule has 5 heterocycles. The molecule has 3 saturated heterocycles. The molecular weight excluding hydrogens is 740 g/mol. The average molecular weight is 792 g/mol. The SMILES string of the molecule is C#CCC(NC(=O)OC)C(=O)N1CCCC1c1ncc(C2CCN(c3c(F)cc(-c4cnc(C5CCCN5CC(C=O)(NC(=O)OC)C(C)C)[nH]4)cc3F)CC2)[nH]1. The van der Waals surface area contributed by atoms with Gasteiger partial charge in [0.2, 0.25) is 5.91 Å². The third-order valence-electron chi connectivity index (χ3n) is 11.6. The van der Waals surface area contributed by atoms with Gasteiger partial charge >= 0.3 is 12.2 Å². The second kappa shape index (κ2) is 17.7. The second-order valence-corrected chi connectivity index (χ2v) is 15.3. The quantitative estimate of drug-likeness (QED) is 0.137. The Labute approximate surface area is 330 Å². The zero-order valence-corrected chi connectivity index (χ0v) is 32.8. The van der Waals surface area contributed by atoms with Gasteiger partial charge in [-0.2, -0.15) is 0 Å². The van der Waals surface area contributed by atoms with Crippen LogP contribution in [0, 0.1) is 29.9 Å². The molecule has 15 nitrogen and oxygen atoms in total. The number of nitrogens with zero attached hydrogens (tertiary/aromatic N) is 5. The summed E-state index contributed by atoms with van der Waals surface area (Å²) in [5.41, 5.74) is 0.414. The fraction of sp³-hybridized carbons (Fsp3) is 0.550. The molecule has 6 rings (SSSR count). The van der Waals surface area contributed by atoms with Crippen molar-refractivity contribution in [1.82, 2.24) is 40.4 Å². The molecule has 3 amide bonds. The Morgan fingerprint density at radius 1 is 0.965 bits per heavy atom. The van der Waals surface area contributed by atoms with E-state index in [4.69, 9.17) is 11.2 Å². The number of aromatic amines is 2. The zero-order valence-electron chi connectivity index (χ0n) is 32.8. The number of rotatable bonds is 13. The van der Waals surface area contributed by atoms with Crippen LogP contribution < -0.4 is 15.5 Å². The van der Waals surface area contributed by atoms with Crippen molar-refractivity contribution in [1.29, 1.82) is 0 Å². The van der Waals surface area contributed by atoms with Crippen molar-refractivity contribution in [3.8, 4) is 23.6 Å². The van der Waals surface area contributed by atoms with Crippen LogP contribution in [0.3, 0.4) is 0 Å². The summed E-state index contributed by atoms with van der Waals surface area (Å²) in [6, 6.07) is 1.21. The maximum atomic E-state index is 15.8. The predicted octanol–water partition coefficient (Wildman–Crippen LogP) is 4.96. The number of piperidine rings is 1. The van der Waals surface area contributed by atoms with Crippen LogP contribution in [0.5, 0.6) is 0 Å². The number of nitrogens with one attached hydrogen (secondary N) is 4. The second-order valence-electron chi connectivity index (χ2n) is 15.3. The molecule has 4 atom stereocenters. The Morgan fingerprint density at radius 2 is 1.61 bits per heavy atom. The standard InChI is InChI=1S/C40H51F2N9O6/c1-6-9-29(47-38(54)56-4)37(53)51-15-8-11-33(51)36-44-20-30(45-36)25-12-16-49(17-13-25)34-27(41)18-26(19-28(34)42)31-21-43-35(46-31)32-10-7-14-50(32)22-40(23-52,24(2)3)48-39(55)57-5/h1,18-21,23-25,29,32-33H,7-17,22H2,2-5H3,(H,43,46)(H,44,45)(H,47,54)(H,48,55). The maximum absolute atomic E-state index is 15.8. The molecule has 4 N–H and O–H groups in total. The predicted molar refractivity (Wildman–Crippen MR) is 206 cm³/mol. The molecule has 3 aromatic rings. The molecule has 0 aliphatic carbocycles. The number of carbonyl (C=O) groups is 4. The van der Waals surface area contributed by atoms with Crippen LogP contribution in [0.1, 0.15) is 94.1 Å². The van der Waals surface area contributed by atoms with E-state index in [2.05, 4.69) is 46.1 Å². The third kappa shape index (κ3) is 8.75. The van der Waals surface area contributed by atoms with Crippen LogP contribution in [0.4, 0.5) is 24.1 Å². The summed E-state index contributed by atoms with van der Waals surface area (Å²) >= 11 is 0. The molecule has 3 aliphatic heterocycles. The Hall–Kier alpha value is -5.50. The lowest BCUT2D eigenvalue weighted by Crippen LogP contribution is -2.60. The highest BCUT2D eigenvalue weighted by molar-refractivity contribution is 5.86. The highest BCUT2D eigenvalue weighted by Crippen LogP contribution is 2.38. The maximum Gasteiger partial charge on any atom is 0.407 e. The number of halogens is 2. The molecule has 1 aromatic carbocycles. The van der Waals surface area contributed by atoms with Gasteiger partial charge in [0.25, 0.3) is 0 Å². The van der Waals surface area contributed by atoms with Crippen LogP contribution in [-0.2, 0) is 19.1 Å². The summed E-state index contributed by atoms with van der Waals surface area (Å²) in [5, 5.41) is 5.25. The van der Waals surface area contributed by atoms with E-state index in [1.54, 1.807) is 22.2 Å². The van der Waals surface area contributed by atoms with Crippen LogP contribution in [-0.4, -0.2) is 113 Å². The van der Waals surface area contributed by atoms with Crippen molar-refractivity contribution >= 4 is 30.1 Å². The number of H-pyrrole nitrogens is 2. The van der Waals surface area contributed by atoms with Gasteiger partial charge in [0, 0.05) is 56.0 Å². The number of hydrogen-bond acceptors (Lipinski definition) is 10. The van der Waals surface area contributed by atoms with Gasteiger partial charge in [0.05, 0.1) is 38.2 Å². The van der Waals surface area contributed by atoms with Crippen molar-refractivity contribution in [3.05, 3.63) is 53.5 Å². The number of amides is 3. The van der Waals surface area contributed by atoms with Gasteiger partial charge in [-0.1, -0.05) is 13.8 Å². The summed E-state index contributed by atoms with van der Waals surface area (Å²) in [6.45, 7) is 5.96. The zero-order chi connectivity index (χ0) is 40.9. The van der Waals surface area contributed by atoms with E-state index in [1.165, 1.54) is 26.4 Å². The fourth-order valence-electron chi connectivity index (χ4n) is 8.32. The minimum absolute atomic E-state index is 0.0237. The third-order valence-corrected chi connectivity index (χ3v) is 11.6. The number of aromatic nitrogens is 4. The van der Waals surface area contributed by atoms with Gasteiger partial charge in [0.15, 0.2) is 0 Å². The number of alkyl carbamates (subject to hydrolysis) is 2. The normalized spacial score (nSPS) is 20.5. The van der Waals surface area contributed by atoms with Crippen LogP contribution in [0.15, 0.2) is 24.5 Å². The summed E-state index contributed by atoms with van der Waals surface area (Å²) in [6.07, 6.45) is 12.4. The van der Waals surface area contributed by atoms with Gasteiger partial charge in [0.1, 0.15) is 46.8 Å². The topological polar surface area (TPSA) is 178 Å². The van der Waals surface area contributed by atoms with Crippen molar-refractivity contribution in [2.75, 3.05) is 51.8 Å². The number of likely N-dealkylation sites (tertiary alicyclic amines) is 2. The van der Waals surface area contributed by atoms with E-state index in [0.717, 1.165) is 31.2 Å². The molecule has 17 heteroatoms. The Morgan fingerprint density at radius 3 is 2.26 bits per heavy atom. The van der Waals surface area contributed by atoms with Crippen LogP contribution >= 0.6 is 0 Å². The molecule has 0 bridgehead atoms. The minimum atomic E-state index is -1.18. The lowest BCUT2D eigenvalue weighted by Gasteiger charge is -2.37. The number of aldehydes is 1. The van der Waals surface area contributed by atoms with Crippen molar-refractivity contribution in [2.45, 2.75) is 88.4 Å². The number of hydrogen-bond donors (Lipinski definition) is 4. The summed E-state index contributed by atoms with van der Waals surface area (Å²) < 4.78 is 41.0. The molecule has 57 heavy (non-hydrogen) atoms. The number of anilines is 1. The average Bonchev–Trinajstić information content (AvgIpc) is 4.04. The van der Waals surface area contributed by atoms with E-state index in [1.807, 2.05) is 13.8 Å². The Bertz CT molecular complexity index is 1950. The molecule has 0 radical (unpaired) electrons. The van der Waals surface area contributed by atoms with Crippen LogP contribution in [0.2, 0.25) is 0 Å².